The van der Waals surface area contributed by atoms with Crippen LogP contribution in [0.2, 0.25) is 5.02 Å². The molecule has 3 rings (SSSR count). The van der Waals surface area contributed by atoms with Gasteiger partial charge in [0.15, 0.2) is 6.04 Å². The number of carbonyl (C=O) groups excluding carboxylic acids is 1. The van der Waals surface area contributed by atoms with Crippen molar-refractivity contribution in [3.05, 3.63) is 64.9 Å². The molecule has 1 fully saturated rings. The van der Waals surface area contributed by atoms with Crippen LogP contribution in [0.3, 0.4) is 0 Å². The van der Waals surface area contributed by atoms with Crippen LogP contribution in [0.5, 0.6) is 0 Å². The van der Waals surface area contributed by atoms with Gasteiger partial charge in [-0.2, -0.15) is 0 Å². The van der Waals surface area contributed by atoms with Crippen molar-refractivity contribution in [3.8, 4) is 0 Å². The first kappa shape index (κ1) is 18.8. The lowest BCUT2D eigenvalue weighted by atomic mass is 10.1. The van der Waals surface area contributed by atoms with Crippen molar-refractivity contribution < 1.29 is 19.0 Å². The average molecular weight is 378 g/mol. The maximum Gasteiger partial charge on any atom is 0.282 e. The molecule has 1 heterocycles. The van der Waals surface area contributed by atoms with Gasteiger partial charge in [0, 0.05) is 10.6 Å². The summed E-state index contributed by atoms with van der Waals surface area (Å²) in [5.74, 6) is -0.669. The zero-order chi connectivity index (χ0) is 18.5. The summed E-state index contributed by atoms with van der Waals surface area (Å²) in [7, 11) is 0. The summed E-state index contributed by atoms with van der Waals surface area (Å²) in [5.41, 5.74) is 1.52. The topological polar surface area (TPSA) is 38.0 Å². The Labute approximate surface area is 158 Å². The molecule has 0 aromatic heterocycles. The number of nitrogens with one attached hydrogen (secondary N) is 3. The molecule has 1 saturated heterocycles. The predicted molar refractivity (Wildman–Crippen MR) is 101 cm³/mol. The smallest absolute Gasteiger partial charge is 0.282 e. The molecule has 0 aliphatic carbocycles. The van der Waals surface area contributed by atoms with E-state index in [1.807, 2.05) is 13.0 Å². The summed E-state index contributed by atoms with van der Waals surface area (Å²) in [6.07, 6.45) is 0. The van der Waals surface area contributed by atoms with Crippen molar-refractivity contribution >= 4 is 23.2 Å². The second-order valence-corrected chi connectivity index (χ2v) is 7.34. The highest BCUT2D eigenvalue weighted by Gasteiger charge is 2.31. The highest BCUT2D eigenvalue weighted by Crippen LogP contribution is 2.18. The molecule has 0 saturated carbocycles. The van der Waals surface area contributed by atoms with E-state index in [-0.39, 0.29) is 17.6 Å². The van der Waals surface area contributed by atoms with E-state index in [9.17, 15) is 9.18 Å². The molecule has 4 nitrogen and oxygen atoms in total. The predicted octanol–water partition coefficient (Wildman–Crippen LogP) is 0.790. The van der Waals surface area contributed by atoms with E-state index in [0.717, 1.165) is 32.7 Å². The van der Waals surface area contributed by atoms with Gasteiger partial charge < -0.3 is 15.1 Å². The first-order valence-corrected chi connectivity index (χ1v) is 9.38. The Hall–Kier alpha value is -1.95. The molecular formula is C20H25ClFN3O+2. The Morgan fingerprint density at radius 2 is 1.85 bits per heavy atom. The Morgan fingerprint density at radius 3 is 2.50 bits per heavy atom. The summed E-state index contributed by atoms with van der Waals surface area (Å²) < 4.78 is 13.9. The normalized spacial score (nSPS) is 21.2. The number of anilines is 1. The molecule has 6 heteroatoms. The summed E-state index contributed by atoms with van der Waals surface area (Å²) in [5, 5.41) is 3.00. The first-order chi connectivity index (χ1) is 12.5. The van der Waals surface area contributed by atoms with Crippen LogP contribution in [0.25, 0.3) is 0 Å². The molecule has 0 spiro atoms. The highest BCUT2D eigenvalue weighted by molar-refractivity contribution is 6.30. The SMILES string of the molecule is C[C@@H](C(=O)Nc1ccc(Cl)cc1F)[NH+]1CC[NH+](Cc2ccccc2)CC1. The van der Waals surface area contributed by atoms with Gasteiger partial charge in [-0.15, -0.1) is 0 Å². The van der Waals surface area contributed by atoms with Gasteiger partial charge in [0.25, 0.3) is 5.91 Å². The van der Waals surface area contributed by atoms with E-state index in [2.05, 4.69) is 29.6 Å². The van der Waals surface area contributed by atoms with E-state index < -0.39 is 5.82 Å². The van der Waals surface area contributed by atoms with E-state index in [1.165, 1.54) is 27.5 Å². The lowest BCUT2D eigenvalue weighted by molar-refractivity contribution is -1.02. The Morgan fingerprint density at radius 1 is 1.15 bits per heavy atom. The maximum absolute atomic E-state index is 13.9. The Kier molecular flexibility index (Phi) is 6.25. The molecule has 1 aliphatic rings. The molecule has 1 amide bonds. The van der Waals surface area contributed by atoms with Crippen molar-refractivity contribution in [1.29, 1.82) is 0 Å². The van der Waals surface area contributed by atoms with Gasteiger partial charge in [0.05, 0.1) is 5.69 Å². The standard InChI is InChI=1S/C20H23ClFN3O/c1-15(20(26)23-19-8-7-17(21)13-18(19)22)25-11-9-24(10-12-25)14-16-5-3-2-4-6-16/h2-8,13,15H,9-12,14H2,1H3,(H,23,26)/p+2/t15-/m0/s1. The van der Waals surface area contributed by atoms with Crippen LogP contribution in [-0.2, 0) is 11.3 Å². The van der Waals surface area contributed by atoms with Crippen LogP contribution in [0.4, 0.5) is 10.1 Å². The fourth-order valence-corrected chi connectivity index (χ4v) is 3.60. The van der Waals surface area contributed by atoms with Crippen LogP contribution in [0, 0.1) is 5.82 Å². The van der Waals surface area contributed by atoms with Crippen LogP contribution >= 0.6 is 11.6 Å². The minimum absolute atomic E-state index is 0.160. The largest absolute Gasteiger partial charge is 0.322 e. The van der Waals surface area contributed by atoms with Crippen molar-refractivity contribution in [1.82, 2.24) is 0 Å². The average Bonchev–Trinajstić information content (AvgIpc) is 2.65. The minimum Gasteiger partial charge on any atom is -0.322 e. The number of carbonyl (C=O) groups is 1. The second kappa shape index (κ2) is 8.62. The minimum atomic E-state index is -0.509. The number of halogens is 2. The summed E-state index contributed by atoms with van der Waals surface area (Å²) in [4.78, 5) is 15.3. The van der Waals surface area contributed by atoms with E-state index in [1.54, 1.807) is 6.07 Å². The third-order valence-electron chi connectivity index (χ3n) is 5.09. The van der Waals surface area contributed by atoms with Crippen LogP contribution < -0.4 is 15.1 Å². The molecule has 26 heavy (non-hydrogen) atoms. The second-order valence-electron chi connectivity index (χ2n) is 6.91. The van der Waals surface area contributed by atoms with Gasteiger partial charge >= 0.3 is 0 Å². The molecule has 1 atom stereocenters. The molecule has 0 radical (unpaired) electrons. The Balaban J connectivity index is 1.51. The molecule has 2 aromatic rings. The number of amides is 1. The first-order valence-electron chi connectivity index (χ1n) is 9.01. The van der Waals surface area contributed by atoms with E-state index >= 15 is 0 Å². The zero-order valence-electron chi connectivity index (χ0n) is 14.9. The van der Waals surface area contributed by atoms with Gasteiger partial charge in [-0.05, 0) is 25.1 Å². The van der Waals surface area contributed by atoms with Crippen LogP contribution in [0.1, 0.15) is 12.5 Å². The third-order valence-corrected chi connectivity index (χ3v) is 5.33. The number of rotatable bonds is 5. The van der Waals surface area contributed by atoms with Crippen LogP contribution in [0.15, 0.2) is 48.5 Å². The van der Waals surface area contributed by atoms with Crippen molar-refractivity contribution in [2.75, 3.05) is 31.5 Å². The molecule has 0 unspecified atom stereocenters. The third kappa shape index (κ3) is 4.81. The summed E-state index contributed by atoms with van der Waals surface area (Å²) >= 11 is 5.75. The van der Waals surface area contributed by atoms with Crippen LogP contribution in [-0.4, -0.2) is 38.1 Å². The van der Waals surface area contributed by atoms with E-state index in [4.69, 9.17) is 11.6 Å². The number of benzene rings is 2. The fraction of sp³-hybridized carbons (Fsp3) is 0.350. The molecule has 3 N–H and O–H groups in total. The van der Waals surface area contributed by atoms with Crippen molar-refractivity contribution in [2.45, 2.75) is 19.5 Å². The number of hydrogen-bond acceptors (Lipinski definition) is 1. The molecular weight excluding hydrogens is 353 g/mol. The van der Waals surface area contributed by atoms with Gasteiger partial charge in [-0.25, -0.2) is 4.39 Å². The highest BCUT2D eigenvalue weighted by atomic mass is 35.5. The van der Waals surface area contributed by atoms with Crippen molar-refractivity contribution in [3.63, 3.8) is 0 Å². The van der Waals surface area contributed by atoms with Gasteiger partial charge in [0.1, 0.15) is 38.5 Å². The zero-order valence-corrected chi connectivity index (χ0v) is 15.7. The van der Waals surface area contributed by atoms with Gasteiger partial charge in [-0.1, -0.05) is 41.9 Å². The lowest BCUT2D eigenvalue weighted by Gasteiger charge is -2.32. The number of hydrogen-bond donors (Lipinski definition) is 3. The lowest BCUT2D eigenvalue weighted by Crippen LogP contribution is -3.29. The maximum atomic E-state index is 13.9. The molecule has 0 bridgehead atoms. The van der Waals surface area contributed by atoms with Crippen molar-refractivity contribution in [2.24, 2.45) is 0 Å². The van der Waals surface area contributed by atoms with E-state index in [0.29, 0.717) is 5.02 Å². The molecule has 2 aromatic carbocycles. The molecule has 1 aliphatic heterocycles. The Bertz CT molecular complexity index is 748. The number of quaternary nitrogens is 2. The summed E-state index contributed by atoms with van der Waals surface area (Å²) in [6.45, 7) is 6.83. The monoisotopic (exact) mass is 377 g/mol. The fourth-order valence-electron chi connectivity index (χ4n) is 3.44. The molecule has 138 valence electrons. The summed E-state index contributed by atoms with van der Waals surface area (Å²) in [6, 6.07) is 14.5. The number of piperazine rings is 1. The van der Waals surface area contributed by atoms with Gasteiger partial charge in [0.2, 0.25) is 0 Å². The quantitative estimate of drug-likeness (QED) is 0.708. The van der Waals surface area contributed by atoms with Gasteiger partial charge in [-0.3, -0.25) is 4.79 Å².